The molecule has 0 amide bonds. The number of nitrogens with one attached hydrogen (secondary N) is 2. The van der Waals surface area contributed by atoms with E-state index in [0.29, 0.717) is 12.0 Å². The monoisotopic (exact) mass is 285 g/mol. The van der Waals surface area contributed by atoms with E-state index in [0.717, 1.165) is 37.3 Å². The van der Waals surface area contributed by atoms with Crippen LogP contribution in [0.1, 0.15) is 43.5 Å². The number of imidazole rings is 1. The number of hydrogen-bond acceptors (Lipinski definition) is 4. The summed E-state index contributed by atoms with van der Waals surface area (Å²) in [5, 5.41) is 7.04. The predicted molar refractivity (Wildman–Crippen MR) is 83.5 cm³/mol. The van der Waals surface area contributed by atoms with Gasteiger partial charge in [-0.15, -0.1) is 0 Å². The van der Waals surface area contributed by atoms with Crippen molar-refractivity contribution in [2.75, 3.05) is 26.2 Å². The first-order valence-electron chi connectivity index (χ1n) is 8.18. The van der Waals surface area contributed by atoms with E-state index in [1.54, 1.807) is 0 Å². The van der Waals surface area contributed by atoms with Gasteiger partial charge in [0.1, 0.15) is 11.3 Å². The average Bonchev–Trinajstić information content (AvgIpc) is 2.96. The minimum absolute atomic E-state index is 0.496. The highest BCUT2D eigenvalue weighted by Crippen LogP contribution is 2.30. The second-order valence-corrected chi connectivity index (χ2v) is 6.23. The van der Waals surface area contributed by atoms with Crippen molar-refractivity contribution in [1.82, 2.24) is 25.2 Å². The van der Waals surface area contributed by atoms with Gasteiger partial charge in [-0.1, -0.05) is 0 Å². The molecular formula is C16H23N5. The molecule has 2 aromatic heterocycles. The molecule has 4 rings (SSSR count). The van der Waals surface area contributed by atoms with Crippen LogP contribution in [0, 0.1) is 0 Å². The van der Waals surface area contributed by atoms with Crippen molar-refractivity contribution in [3.8, 4) is 0 Å². The number of rotatable bonds is 2. The van der Waals surface area contributed by atoms with E-state index in [4.69, 9.17) is 4.98 Å². The van der Waals surface area contributed by atoms with Crippen LogP contribution in [0.15, 0.2) is 18.3 Å². The van der Waals surface area contributed by atoms with Crippen molar-refractivity contribution in [2.45, 2.75) is 37.6 Å². The molecule has 0 aliphatic carbocycles. The molecule has 2 aliphatic rings. The van der Waals surface area contributed by atoms with Crippen LogP contribution in [-0.4, -0.2) is 40.7 Å². The average molecular weight is 285 g/mol. The quantitative estimate of drug-likeness (QED) is 0.884. The highest BCUT2D eigenvalue weighted by Gasteiger charge is 2.27. The second kappa shape index (κ2) is 5.73. The van der Waals surface area contributed by atoms with Crippen LogP contribution in [0.4, 0.5) is 0 Å². The van der Waals surface area contributed by atoms with Crippen molar-refractivity contribution in [3.63, 3.8) is 0 Å². The van der Waals surface area contributed by atoms with Crippen LogP contribution in [0.25, 0.3) is 11.2 Å². The van der Waals surface area contributed by atoms with E-state index in [2.05, 4.69) is 26.3 Å². The molecule has 4 heterocycles. The first kappa shape index (κ1) is 13.2. The Morgan fingerprint density at radius 2 is 1.95 bits per heavy atom. The summed E-state index contributed by atoms with van der Waals surface area (Å²) >= 11 is 0. The molecule has 2 atom stereocenters. The maximum atomic E-state index is 4.94. The fourth-order valence-corrected chi connectivity index (χ4v) is 3.72. The lowest BCUT2D eigenvalue weighted by Crippen LogP contribution is -2.35. The van der Waals surface area contributed by atoms with E-state index in [1.165, 1.54) is 31.5 Å². The van der Waals surface area contributed by atoms with Crippen molar-refractivity contribution >= 4 is 11.2 Å². The first-order chi connectivity index (χ1) is 10.4. The Balaban J connectivity index is 1.79. The van der Waals surface area contributed by atoms with Gasteiger partial charge >= 0.3 is 0 Å². The molecule has 2 saturated heterocycles. The SMILES string of the molecule is c1cnc2c(c1)nc(C1CCCNC1)n2C1CCCNC1. The van der Waals surface area contributed by atoms with Gasteiger partial charge in [0.2, 0.25) is 0 Å². The maximum absolute atomic E-state index is 4.94. The molecule has 0 aromatic carbocycles. The van der Waals surface area contributed by atoms with Gasteiger partial charge in [0, 0.05) is 31.2 Å². The highest BCUT2D eigenvalue weighted by molar-refractivity contribution is 5.71. The number of fused-ring (bicyclic) bond motifs is 1. The summed E-state index contributed by atoms with van der Waals surface area (Å²) in [6.45, 7) is 4.36. The van der Waals surface area contributed by atoms with Gasteiger partial charge in [0.05, 0.1) is 0 Å². The number of aromatic nitrogens is 3. The van der Waals surface area contributed by atoms with E-state index in [-0.39, 0.29) is 0 Å². The molecule has 0 radical (unpaired) electrons. The Hall–Kier alpha value is -1.46. The smallest absolute Gasteiger partial charge is 0.160 e. The largest absolute Gasteiger partial charge is 0.316 e. The molecule has 21 heavy (non-hydrogen) atoms. The van der Waals surface area contributed by atoms with Crippen LogP contribution in [0.5, 0.6) is 0 Å². The van der Waals surface area contributed by atoms with Gasteiger partial charge in [0.25, 0.3) is 0 Å². The minimum Gasteiger partial charge on any atom is -0.316 e. The van der Waals surface area contributed by atoms with Crippen molar-refractivity contribution in [3.05, 3.63) is 24.2 Å². The number of nitrogens with zero attached hydrogens (tertiary/aromatic N) is 3. The molecule has 2 aliphatic heterocycles. The molecule has 0 saturated carbocycles. The molecule has 112 valence electrons. The molecular weight excluding hydrogens is 262 g/mol. The fraction of sp³-hybridized carbons (Fsp3) is 0.625. The van der Waals surface area contributed by atoms with Crippen LogP contribution in [-0.2, 0) is 0 Å². The highest BCUT2D eigenvalue weighted by atomic mass is 15.2. The van der Waals surface area contributed by atoms with Gasteiger partial charge in [-0.3, -0.25) is 0 Å². The van der Waals surface area contributed by atoms with E-state index >= 15 is 0 Å². The second-order valence-electron chi connectivity index (χ2n) is 6.23. The molecule has 5 heteroatoms. The Kier molecular flexibility index (Phi) is 3.61. The van der Waals surface area contributed by atoms with Crippen LogP contribution < -0.4 is 10.6 Å². The predicted octanol–water partition coefficient (Wildman–Crippen LogP) is 1.82. The summed E-state index contributed by atoms with van der Waals surface area (Å²) in [5.41, 5.74) is 2.11. The number of hydrogen-bond donors (Lipinski definition) is 2. The van der Waals surface area contributed by atoms with Gasteiger partial charge < -0.3 is 15.2 Å². The van der Waals surface area contributed by atoms with Crippen molar-refractivity contribution < 1.29 is 0 Å². The van der Waals surface area contributed by atoms with Crippen molar-refractivity contribution in [2.24, 2.45) is 0 Å². The zero-order chi connectivity index (χ0) is 14.1. The Morgan fingerprint density at radius 1 is 1.10 bits per heavy atom. The summed E-state index contributed by atoms with van der Waals surface area (Å²) < 4.78 is 2.43. The summed E-state index contributed by atoms with van der Waals surface area (Å²) in [6.07, 6.45) is 6.82. The van der Waals surface area contributed by atoms with Crippen LogP contribution in [0.2, 0.25) is 0 Å². The summed E-state index contributed by atoms with van der Waals surface area (Å²) in [6, 6.07) is 4.58. The van der Waals surface area contributed by atoms with Crippen molar-refractivity contribution in [1.29, 1.82) is 0 Å². The zero-order valence-corrected chi connectivity index (χ0v) is 12.4. The van der Waals surface area contributed by atoms with Gasteiger partial charge in [-0.25, -0.2) is 9.97 Å². The van der Waals surface area contributed by atoms with E-state index in [1.807, 2.05) is 12.3 Å². The lowest BCUT2D eigenvalue weighted by molar-refractivity contribution is 0.350. The van der Waals surface area contributed by atoms with Gasteiger partial charge in [0.15, 0.2) is 5.65 Å². The van der Waals surface area contributed by atoms with Gasteiger partial charge in [-0.05, 0) is 50.9 Å². The summed E-state index contributed by atoms with van der Waals surface area (Å²) in [4.78, 5) is 9.57. The lowest BCUT2D eigenvalue weighted by Gasteiger charge is -2.29. The normalized spacial score (nSPS) is 27.0. The molecule has 5 nitrogen and oxygen atoms in total. The Bertz CT molecular complexity index is 608. The lowest BCUT2D eigenvalue weighted by atomic mass is 9.98. The number of pyridine rings is 1. The fourth-order valence-electron chi connectivity index (χ4n) is 3.72. The molecule has 2 fully saturated rings. The zero-order valence-electron chi connectivity index (χ0n) is 12.4. The van der Waals surface area contributed by atoms with E-state index < -0.39 is 0 Å². The first-order valence-corrected chi connectivity index (χ1v) is 8.18. The molecule has 0 spiro atoms. The minimum atomic E-state index is 0.496. The Labute approximate surface area is 125 Å². The number of piperidine rings is 2. The molecule has 2 N–H and O–H groups in total. The third-order valence-corrected chi connectivity index (χ3v) is 4.77. The van der Waals surface area contributed by atoms with Crippen LogP contribution >= 0.6 is 0 Å². The molecule has 2 aromatic rings. The maximum Gasteiger partial charge on any atom is 0.160 e. The topological polar surface area (TPSA) is 54.8 Å². The summed E-state index contributed by atoms with van der Waals surface area (Å²) in [5.74, 6) is 1.76. The standard InChI is InChI=1S/C16H23N5/c1-4-12(10-17-7-1)15-20-14-6-3-9-19-16(14)21(15)13-5-2-8-18-11-13/h3,6,9,12-13,17-18H,1-2,4-5,7-8,10-11H2. The third kappa shape index (κ3) is 2.45. The summed E-state index contributed by atoms with van der Waals surface area (Å²) in [7, 11) is 0. The molecule has 2 unspecified atom stereocenters. The van der Waals surface area contributed by atoms with E-state index in [9.17, 15) is 0 Å². The van der Waals surface area contributed by atoms with Crippen LogP contribution in [0.3, 0.4) is 0 Å². The van der Waals surface area contributed by atoms with Gasteiger partial charge in [-0.2, -0.15) is 0 Å². The molecule has 0 bridgehead atoms. The Morgan fingerprint density at radius 3 is 2.71 bits per heavy atom. The third-order valence-electron chi connectivity index (χ3n) is 4.77.